The number of carbonyl (C=O) groups excluding carboxylic acids is 1. The molecule has 1 fully saturated rings. The summed E-state index contributed by atoms with van der Waals surface area (Å²) in [7, 11) is 0. The average molecular weight is 230 g/mol. The second-order valence-electron chi connectivity index (χ2n) is 4.57. The van der Waals surface area contributed by atoms with E-state index in [4.69, 9.17) is 4.74 Å². The summed E-state index contributed by atoms with van der Waals surface area (Å²) >= 11 is 0. The van der Waals surface area contributed by atoms with E-state index in [0.29, 0.717) is 0 Å². The molecule has 1 heterocycles. The van der Waals surface area contributed by atoms with E-state index in [1.54, 1.807) is 4.90 Å². The maximum Gasteiger partial charge on any atom is 0.410 e. The van der Waals surface area contributed by atoms with Gasteiger partial charge >= 0.3 is 6.09 Å². The van der Waals surface area contributed by atoms with E-state index in [1.807, 2.05) is 34.6 Å². The Hall–Kier alpha value is -0.770. The van der Waals surface area contributed by atoms with Gasteiger partial charge in [0.25, 0.3) is 0 Å². The fourth-order valence-corrected chi connectivity index (χ4v) is 1.35. The first-order valence-electron chi connectivity index (χ1n) is 6.18. The van der Waals surface area contributed by atoms with Gasteiger partial charge in [0.2, 0.25) is 0 Å². The van der Waals surface area contributed by atoms with Gasteiger partial charge in [0.05, 0.1) is 0 Å². The second kappa shape index (κ2) is 7.49. The fourth-order valence-electron chi connectivity index (χ4n) is 1.35. The lowest BCUT2D eigenvalue weighted by Gasteiger charge is -2.26. The number of hydrogen-bond acceptors (Lipinski definition) is 3. The molecule has 0 aromatic carbocycles. The molecule has 1 saturated heterocycles. The molecule has 4 heteroatoms. The van der Waals surface area contributed by atoms with Crippen LogP contribution in [0.3, 0.4) is 0 Å². The van der Waals surface area contributed by atoms with Crippen LogP contribution in [0.4, 0.5) is 4.79 Å². The highest BCUT2D eigenvalue weighted by Crippen LogP contribution is 2.10. The quantitative estimate of drug-likeness (QED) is 0.694. The van der Waals surface area contributed by atoms with Gasteiger partial charge in [-0.25, -0.2) is 4.79 Å². The molecule has 0 radical (unpaired) electrons. The number of amides is 1. The summed E-state index contributed by atoms with van der Waals surface area (Å²) in [6.07, 6.45) is 0.806. The van der Waals surface area contributed by atoms with Crippen molar-refractivity contribution in [3.63, 3.8) is 0 Å². The smallest absolute Gasteiger partial charge is 0.410 e. The first-order valence-corrected chi connectivity index (χ1v) is 6.18. The van der Waals surface area contributed by atoms with Crippen molar-refractivity contribution in [2.24, 2.45) is 0 Å². The molecular formula is C12H26N2O2. The molecule has 4 nitrogen and oxygen atoms in total. The van der Waals surface area contributed by atoms with Crippen LogP contribution in [0.25, 0.3) is 0 Å². The third-order valence-corrected chi connectivity index (χ3v) is 1.99. The molecule has 0 saturated carbocycles. The Balaban J connectivity index is 0.00000106. The van der Waals surface area contributed by atoms with Crippen molar-refractivity contribution in [1.82, 2.24) is 10.2 Å². The molecule has 1 rings (SSSR count). The Morgan fingerprint density at radius 2 is 1.81 bits per heavy atom. The predicted molar refractivity (Wildman–Crippen MR) is 66.6 cm³/mol. The van der Waals surface area contributed by atoms with Gasteiger partial charge in [-0.05, 0) is 33.7 Å². The van der Waals surface area contributed by atoms with Gasteiger partial charge in [-0.2, -0.15) is 0 Å². The Labute approximate surface area is 99.3 Å². The molecule has 1 N–H and O–H groups in total. The zero-order valence-electron chi connectivity index (χ0n) is 11.3. The minimum absolute atomic E-state index is 0.193. The molecule has 16 heavy (non-hydrogen) atoms. The van der Waals surface area contributed by atoms with Crippen LogP contribution in [0.15, 0.2) is 0 Å². The van der Waals surface area contributed by atoms with Crippen molar-refractivity contribution in [3.05, 3.63) is 0 Å². The van der Waals surface area contributed by atoms with Crippen molar-refractivity contribution >= 4 is 6.09 Å². The van der Waals surface area contributed by atoms with Crippen molar-refractivity contribution in [3.8, 4) is 0 Å². The Morgan fingerprint density at radius 3 is 2.38 bits per heavy atom. The number of hydrogen-bond donors (Lipinski definition) is 1. The summed E-state index contributed by atoms with van der Waals surface area (Å²) in [6, 6.07) is 0. The van der Waals surface area contributed by atoms with Gasteiger partial charge in [-0.3, -0.25) is 0 Å². The fraction of sp³-hybridized carbons (Fsp3) is 0.917. The molecule has 1 amide bonds. The average Bonchev–Trinajstić information content (AvgIpc) is 2.46. The molecular weight excluding hydrogens is 204 g/mol. The van der Waals surface area contributed by atoms with Crippen LogP contribution in [0.5, 0.6) is 0 Å². The lowest BCUT2D eigenvalue weighted by Crippen LogP contribution is -2.38. The van der Waals surface area contributed by atoms with Gasteiger partial charge < -0.3 is 15.0 Å². The van der Waals surface area contributed by atoms with Crippen LogP contribution in [-0.4, -0.2) is 42.8 Å². The van der Waals surface area contributed by atoms with E-state index in [9.17, 15) is 4.79 Å². The largest absolute Gasteiger partial charge is 0.444 e. The molecule has 0 atom stereocenters. The van der Waals surface area contributed by atoms with E-state index < -0.39 is 5.60 Å². The first-order chi connectivity index (χ1) is 7.49. The summed E-state index contributed by atoms with van der Waals surface area (Å²) in [6.45, 7) is 13.1. The third kappa shape index (κ3) is 6.67. The molecule has 96 valence electrons. The minimum Gasteiger partial charge on any atom is -0.444 e. The maximum absolute atomic E-state index is 11.6. The molecule has 0 aromatic rings. The van der Waals surface area contributed by atoms with E-state index in [-0.39, 0.29) is 6.09 Å². The third-order valence-electron chi connectivity index (χ3n) is 1.99. The van der Waals surface area contributed by atoms with Crippen molar-refractivity contribution in [2.45, 2.75) is 46.6 Å². The zero-order valence-corrected chi connectivity index (χ0v) is 11.3. The molecule has 1 aliphatic rings. The van der Waals surface area contributed by atoms with Gasteiger partial charge in [0.1, 0.15) is 5.60 Å². The van der Waals surface area contributed by atoms with Crippen molar-refractivity contribution < 1.29 is 9.53 Å². The lowest BCUT2D eigenvalue weighted by molar-refractivity contribution is 0.0262. The first kappa shape index (κ1) is 15.2. The lowest BCUT2D eigenvalue weighted by atomic mass is 10.2. The molecule has 0 spiro atoms. The van der Waals surface area contributed by atoms with Crippen LogP contribution in [0, 0.1) is 0 Å². The van der Waals surface area contributed by atoms with Gasteiger partial charge in [-0.1, -0.05) is 13.8 Å². The van der Waals surface area contributed by atoms with Gasteiger partial charge in [0.15, 0.2) is 0 Å². The van der Waals surface area contributed by atoms with Crippen molar-refractivity contribution in [2.75, 3.05) is 26.2 Å². The highest BCUT2D eigenvalue weighted by atomic mass is 16.6. The van der Waals surface area contributed by atoms with E-state index in [1.165, 1.54) is 0 Å². The number of carbonyl (C=O) groups is 1. The SMILES string of the molecule is CC.CC(C)(C)OC(=O)N1CCCNCC1. The summed E-state index contributed by atoms with van der Waals surface area (Å²) in [5, 5.41) is 3.25. The number of ether oxygens (including phenoxy) is 1. The van der Waals surface area contributed by atoms with Crippen LogP contribution < -0.4 is 5.32 Å². The number of nitrogens with one attached hydrogen (secondary N) is 1. The summed E-state index contributed by atoms with van der Waals surface area (Å²) in [4.78, 5) is 13.4. The molecule has 0 aliphatic carbocycles. The predicted octanol–water partition coefficient (Wildman–Crippen LogP) is 2.24. The zero-order chi connectivity index (χ0) is 12.6. The highest BCUT2D eigenvalue weighted by Gasteiger charge is 2.22. The van der Waals surface area contributed by atoms with Gasteiger partial charge in [0, 0.05) is 19.6 Å². The Bertz CT molecular complexity index is 192. The van der Waals surface area contributed by atoms with E-state index in [2.05, 4.69) is 5.32 Å². The summed E-state index contributed by atoms with van der Waals surface area (Å²) < 4.78 is 5.29. The van der Waals surface area contributed by atoms with Gasteiger partial charge in [-0.15, -0.1) is 0 Å². The standard InChI is InChI=1S/C10H20N2O2.C2H6/c1-10(2,3)14-9(13)12-7-4-5-11-6-8-12;1-2/h11H,4-8H2,1-3H3;1-2H3. The van der Waals surface area contributed by atoms with Crippen LogP contribution in [0.2, 0.25) is 0 Å². The van der Waals surface area contributed by atoms with Crippen LogP contribution in [-0.2, 0) is 4.74 Å². The molecule has 0 bridgehead atoms. The van der Waals surface area contributed by atoms with E-state index >= 15 is 0 Å². The molecule has 1 aliphatic heterocycles. The molecule has 0 unspecified atom stereocenters. The maximum atomic E-state index is 11.6. The molecule has 0 aromatic heterocycles. The summed E-state index contributed by atoms with van der Waals surface area (Å²) in [5.41, 5.74) is -0.392. The second-order valence-corrected chi connectivity index (χ2v) is 4.57. The Morgan fingerprint density at radius 1 is 1.19 bits per heavy atom. The van der Waals surface area contributed by atoms with Crippen molar-refractivity contribution in [1.29, 1.82) is 0 Å². The normalized spacial score (nSPS) is 16.9. The Kier molecular flexibility index (Phi) is 7.13. The van der Waals surface area contributed by atoms with E-state index in [0.717, 1.165) is 32.6 Å². The van der Waals surface area contributed by atoms with Crippen LogP contribution >= 0.6 is 0 Å². The number of rotatable bonds is 0. The minimum atomic E-state index is -0.392. The number of nitrogens with zero attached hydrogens (tertiary/aromatic N) is 1. The topological polar surface area (TPSA) is 41.6 Å². The highest BCUT2D eigenvalue weighted by molar-refractivity contribution is 5.68. The van der Waals surface area contributed by atoms with Crippen LogP contribution in [0.1, 0.15) is 41.0 Å². The summed E-state index contributed by atoms with van der Waals surface area (Å²) in [5.74, 6) is 0. The monoisotopic (exact) mass is 230 g/mol.